The van der Waals surface area contributed by atoms with Crippen molar-refractivity contribution < 1.29 is 9.50 Å². The molecule has 14 heavy (non-hydrogen) atoms. The van der Waals surface area contributed by atoms with Gasteiger partial charge in [-0.1, -0.05) is 11.6 Å². The van der Waals surface area contributed by atoms with Crippen LogP contribution < -0.4 is 5.73 Å². The van der Waals surface area contributed by atoms with Crippen molar-refractivity contribution in [1.29, 1.82) is 0 Å². The number of halogens is 2. The number of aromatic hydroxyl groups is 1. The summed E-state index contributed by atoms with van der Waals surface area (Å²) in [5.41, 5.74) is 6.92. The van der Waals surface area contributed by atoms with Crippen molar-refractivity contribution in [3.8, 4) is 5.75 Å². The van der Waals surface area contributed by atoms with Crippen molar-refractivity contribution in [2.24, 2.45) is 5.73 Å². The molecular weight excluding hydrogens is 205 g/mol. The molecule has 1 aliphatic carbocycles. The number of phenols is 1. The fraction of sp³-hybridized carbons (Fsp3) is 0.400. The molecule has 2 rings (SSSR count). The molecule has 0 bridgehead atoms. The number of benzene rings is 1. The molecule has 0 unspecified atom stereocenters. The lowest BCUT2D eigenvalue weighted by Gasteiger charge is -2.23. The highest BCUT2D eigenvalue weighted by Crippen LogP contribution is 2.38. The van der Waals surface area contributed by atoms with Gasteiger partial charge in [0.2, 0.25) is 0 Å². The highest BCUT2D eigenvalue weighted by molar-refractivity contribution is 6.31. The van der Waals surface area contributed by atoms with Gasteiger partial charge in [0.25, 0.3) is 0 Å². The summed E-state index contributed by atoms with van der Waals surface area (Å²) in [6.45, 7) is 0. The Morgan fingerprint density at radius 1 is 1.57 bits per heavy atom. The lowest BCUT2D eigenvalue weighted by atomic mass is 9.87. The van der Waals surface area contributed by atoms with Gasteiger partial charge in [-0.2, -0.15) is 0 Å². The zero-order valence-corrected chi connectivity index (χ0v) is 8.31. The molecular formula is C10H11ClFNO. The molecule has 0 aromatic heterocycles. The maximum Gasteiger partial charge on any atom is 0.169 e. The summed E-state index contributed by atoms with van der Waals surface area (Å²) in [7, 11) is 0. The summed E-state index contributed by atoms with van der Waals surface area (Å²) < 4.78 is 13.5. The molecule has 0 heterocycles. The van der Waals surface area contributed by atoms with Crippen LogP contribution >= 0.6 is 11.6 Å². The van der Waals surface area contributed by atoms with Gasteiger partial charge in [-0.3, -0.25) is 0 Å². The van der Waals surface area contributed by atoms with Gasteiger partial charge in [-0.25, -0.2) is 4.39 Å². The number of rotatable bonds is 0. The smallest absolute Gasteiger partial charge is 0.169 e. The van der Waals surface area contributed by atoms with Gasteiger partial charge >= 0.3 is 0 Å². The Labute approximate surface area is 86.5 Å². The van der Waals surface area contributed by atoms with Gasteiger partial charge in [0.1, 0.15) is 0 Å². The van der Waals surface area contributed by atoms with E-state index in [1.54, 1.807) is 0 Å². The standard InChI is InChI=1S/C10H11ClFNO/c11-6-4-8(14)10(12)9-5(6)2-1-3-7(9)13/h4,7,14H,1-3,13H2/t7-/m1/s1. The molecule has 0 saturated carbocycles. The summed E-state index contributed by atoms with van der Waals surface area (Å²) in [4.78, 5) is 0. The Balaban J connectivity index is 2.67. The van der Waals surface area contributed by atoms with Gasteiger partial charge in [-0.05, 0) is 24.8 Å². The minimum absolute atomic E-state index is 0.344. The average molecular weight is 216 g/mol. The summed E-state index contributed by atoms with van der Waals surface area (Å²) in [6.07, 6.45) is 2.39. The Morgan fingerprint density at radius 3 is 3.00 bits per heavy atom. The number of hydrogen-bond donors (Lipinski definition) is 2. The fourth-order valence-corrected chi connectivity index (χ4v) is 2.25. The van der Waals surface area contributed by atoms with E-state index < -0.39 is 11.6 Å². The maximum atomic E-state index is 13.5. The summed E-state index contributed by atoms with van der Waals surface area (Å²) >= 11 is 5.90. The first-order chi connectivity index (χ1) is 6.61. The van der Waals surface area contributed by atoms with E-state index in [-0.39, 0.29) is 6.04 Å². The second kappa shape index (κ2) is 3.41. The molecule has 2 nitrogen and oxygen atoms in total. The molecule has 0 fully saturated rings. The average Bonchev–Trinajstić information content (AvgIpc) is 2.14. The Morgan fingerprint density at radius 2 is 2.29 bits per heavy atom. The largest absolute Gasteiger partial charge is 0.505 e. The van der Waals surface area contributed by atoms with Crippen LogP contribution in [0.1, 0.15) is 30.0 Å². The van der Waals surface area contributed by atoms with E-state index in [9.17, 15) is 9.50 Å². The van der Waals surface area contributed by atoms with Crippen LogP contribution in [0.25, 0.3) is 0 Å². The van der Waals surface area contributed by atoms with Crippen LogP contribution in [0.5, 0.6) is 5.75 Å². The molecule has 3 N–H and O–H groups in total. The lowest BCUT2D eigenvalue weighted by molar-refractivity contribution is 0.417. The molecule has 76 valence electrons. The predicted molar refractivity (Wildman–Crippen MR) is 52.9 cm³/mol. The molecule has 1 aliphatic rings. The maximum absolute atomic E-state index is 13.5. The van der Waals surface area contributed by atoms with Crippen LogP contribution in [0.2, 0.25) is 5.02 Å². The van der Waals surface area contributed by atoms with Crippen LogP contribution in [0.3, 0.4) is 0 Å². The van der Waals surface area contributed by atoms with Crippen LogP contribution in [0.15, 0.2) is 6.07 Å². The van der Waals surface area contributed by atoms with Crippen molar-refractivity contribution in [2.75, 3.05) is 0 Å². The minimum atomic E-state index is -0.614. The molecule has 0 saturated heterocycles. The zero-order chi connectivity index (χ0) is 10.3. The third kappa shape index (κ3) is 1.37. The highest BCUT2D eigenvalue weighted by atomic mass is 35.5. The number of nitrogens with two attached hydrogens (primary N) is 1. The van der Waals surface area contributed by atoms with Crippen LogP contribution in [-0.4, -0.2) is 5.11 Å². The molecule has 0 radical (unpaired) electrons. The van der Waals surface area contributed by atoms with Gasteiger partial charge < -0.3 is 10.8 Å². The van der Waals surface area contributed by atoms with Crippen molar-refractivity contribution in [1.82, 2.24) is 0 Å². The van der Waals surface area contributed by atoms with E-state index in [1.165, 1.54) is 6.07 Å². The lowest BCUT2D eigenvalue weighted by Crippen LogP contribution is -2.19. The van der Waals surface area contributed by atoms with E-state index in [0.29, 0.717) is 10.6 Å². The first-order valence-electron chi connectivity index (χ1n) is 4.56. The van der Waals surface area contributed by atoms with Gasteiger partial charge in [0, 0.05) is 22.7 Å². The first kappa shape index (κ1) is 9.74. The summed E-state index contributed by atoms with van der Waals surface area (Å²) in [5, 5.41) is 9.67. The van der Waals surface area contributed by atoms with E-state index >= 15 is 0 Å². The molecule has 0 aliphatic heterocycles. The Hall–Kier alpha value is -0.800. The minimum Gasteiger partial charge on any atom is -0.505 e. The first-order valence-corrected chi connectivity index (χ1v) is 4.94. The normalized spacial score (nSPS) is 20.6. The Bertz CT molecular complexity index is 381. The molecule has 1 aromatic rings. The molecule has 0 amide bonds. The summed E-state index contributed by atoms with van der Waals surface area (Å²) in [6, 6.07) is 0.900. The third-order valence-electron chi connectivity index (χ3n) is 2.65. The van der Waals surface area contributed by atoms with Crippen LogP contribution in [0, 0.1) is 5.82 Å². The number of phenolic OH excluding ortho intramolecular Hbond substituents is 1. The topological polar surface area (TPSA) is 46.2 Å². The van der Waals surface area contributed by atoms with E-state index in [0.717, 1.165) is 24.8 Å². The van der Waals surface area contributed by atoms with Crippen molar-refractivity contribution in [3.63, 3.8) is 0 Å². The number of fused-ring (bicyclic) bond motifs is 1. The summed E-state index contributed by atoms with van der Waals surface area (Å²) in [5.74, 6) is -1.03. The monoisotopic (exact) mass is 215 g/mol. The van der Waals surface area contributed by atoms with Gasteiger partial charge in [0.05, 0.1) is 0 Å². The fourth-order valence-electron chi connectivity index (χ4n) is 1.95. The predicted octanol–water partition coefficient (Wildman–Crippen LogP) is 2.52. The van der Waals surface area contributed by atoms with Crippen LogP contribution in [-0.2, 0) is 6.42 Å². The van der Waals surface area contributed by atoms with E-state index in [1.807, 2.05) is 0 Å². The van der Waals surface area contributed by atoms with E-state index in [4.69, 9.17) is 17.3 Å². The SMILES string of the molecule is N[C@@H]1CCCc2c(Cl)cc(O)c(F)c21. The molecule has 4 heteroatoms. The molecule has 0 spiro atoms. The third-order valence-corrected chi connectivity index (χ3v) is 2.99. The van der Waals surface area contributed by atoms with Gasteiger partial charge in [-0.15, -0.1) is 0 Å². The van der Waals surface area contributed by atoms with E-state index in [2.05, 4.69) is 0 Å². The van der Waals surface area contributed by atoms with Crippen molar-refractivity contribution in [3.05, 3.63) is 28.0 Å². The second-order valence-corrected chi connectivity index (χ2v) is 3.99. The highest BCUT2D eigenvalue weighted by Gasteiger charge is 2.25. The van der Waals surface area contributed by atoms with Crippen molar-refractivity contribution in [2.45, 2.75) is 25.3 Å². The van der Waals surface area contributed by atoms with Crippen LogP contribution in [0.4, 0.5) is 4.39 Å². The second-order valence-electron chi connectivity index (χ2n) is 3.58. The van der Waals surface area contributed by atoms with Crippen molar-refractivity contribution >= 4 is 11.6 Å². The number of hydrogen-bond acceptors (Lipinski definition) is 2. The molecule has 1 aromatic carbocycles. The van der Waals surface area contributed by atoms with Gasteiger partial charge in [0.15, 0.2) is 11.6 Å². The Kier molecular flexibility index (Phi) is 2.37. The zero-order valence-electron chi connectivity index (χ0n) is 7.56. The quantitative estimate of drug-likeness (QED) is 0.699. The molecule has 1 atom stereocenters.